The van der Waals surface area contributed by atoms with E-state index in [2.05, 4.69) is 0 Å². The molecule has 27 heavy (non-hydrogen) atoms. The van der Waals surface area contributed by atoms with Crippen molar-refractivity contribution < 1.29 is 14.3 Å². The van der Waals surface area contributed by atoms with Gasteiger partial charge in [0.1, 0.15) is 12.0 Å². The average Bonchev–Trinajstić information content (AvgIpc) is 2.75. The van der Waals surface area contributed by atoms with Gasteiger partial charge in [0, 0.05) is 17.9 Å². The number of hydrogen-bond acceptors (Lipinski definition) is 3. The van der Waals surface area contributed by atoms with Crippen molar-refractivity contribution in [3.05, 3.63) is 102 Å². The summed E-state index contributed by atoms with van der Waals surface area (Å²) < 4.78 is 5.23. The molecule has 3 rings (SSSR count). The average molecular weight is 358 g/mol. The molecule has 0 aromatic heterocycles. The third kappa shape index (κ3) is 4.32. The van der Waals surface area contributed by atoms with Gasteiger partial charge in [0.25, 0.3) is 0 Å². The lowest BCUT2D eigenvalue weighted by molar-refractivity contribution is -0.108. The molecule has 136 valence electrons. The predicted molar refractivity (Wildman–Crippen MR) is 106 cm³/mol. The number of aldehydes is 1. The van der Waals surface area contributed by atoms with Crippen LogP contribution in [0.4, 0.5) is 0 Å². The molecule has 0 amide bonds. The molecule has 0 aliphatic heterocycles. The number of hydrogen-bond donors (Lipinski definition) is 0. The zero-order valence-electron chi connectivity index (χ0n) is 15.2. The second-order valence-electron chi connectivity index (χ2n) is 6.40. The summed E-state index contributed by atoms with van der Waals surface area (Å²) >= 11 is 0. The Balaban J connectivity index is 2.07. The van der Waals surface area contributed by atoms with E-state index < -0.39 is 5.92 Å². The SMILES string of the molecule is COc1ccc(C(CC=O)C(C(=O)c2ccccc2)c2ccccc2)cc1. The molecular weight excluding hydrogens is 336 g/mol. The Labute approximate surface area is 159 Å². The van der Waals surface area contributed by atoms with Crippen LogP contribution in [0.2, 0.25) is 0 Å². The van der Waals surface area contributed by atoms with E-state index in [0.717, 1.165) is 23.2 Å². The Morgan fingerprint density at radius 2 is 1.44 bits per heavy atom. The first-order chi connectivity index (χ1) is 13.2. The van der Waals surface area contributed by atoms with Crippen LogP contribution in [-0.2, 0) is 4.79 Å². The van der Waals surface area contributed by atoms with Gasteiger partial charge in [-0.05, 0) is 23.3 Å². The first kappa shape index (κ1) is 18.6. The smallest absolute Gasteiger partial charge is 0.170 e. The monoisotopic (exact) mass is 358 g/mol. The summed E-state index contributed by atoms with van der Waals surface area (Å²) in [7, 11) is 1.61. The van der Waals surface area contributed by atoms with Crippen LogP contribution in [0.5, 0.6) is 5.75 Å². The van der Waals surface area contributed by atoms with Crippen LogP contribution < -0.4 is 4.74 Å². The Morgan fingerprint density at radius 1 is 0.852 bits per heavy atom. The largest absolute Gasteiger partial charge is 0.497 e. The lowest BCUT2D eigenvalue weighted by atomic mass is 9.76. The summed E-state index contributed by atoms with van der Waals surface area (Å²) in [5.41, 5.74) is 2.51. The van der Waals surface area contributed by atoms with Crippen molar-refractivity contribution in [2.45, 2.75) is 18.3 Å². The van der Waals surface area contributed by atoms with Crippen LogP contribution in [0.1, 0.15) is 39.7 Å². The van der Waals surface area contributed by atoms with E-state index in [1.54, 1.807) is 7.11 Å². The molecule has 0 aliphatic rings. The molecule has 3 aromatic carbocycles. The van der Waals surface area contributed by atoms with Crippen LogP contribution >= 0.6 is 0 Å². The minimum absolute atomic E-state index is 0.0180. The Morgan fingerprint density at radius 3 is 2.00 bits per heavy atom. The molecule has 2 atom stereocenters. The van der Waals surface area contributed by atoms with Crippen molar-refractivity contribution in [2.24, 2.45) is 0 Å². The number of methoxy groups -OCH3 is 1. The van der Waals surface area contributed by atoms with Crippen molar-refractivity contribution >= 4 is 12.1 Å². The molecule has 0 fully saturated rings. The van der Waals surface area contributed by atoms with Crippen LogP contribution in [0.25, 0.3) is 0 Å². The first-order valence-electron chi connectivity index (χ1n) is 8.96. The summed E-state index contributed by atoms with van der Waals surface area (Å²) in [5, 5.41) is 0. The van der Waals surface area contributed by atoms with E-state index in [1.807, 2.05) is 84.9 Å². The minimum atomic E-state index is -0.438. The van der Waals surface area contributed by atoms with E-state index >= 15 is 0 Å². The van der Waals surface area contributed by atoms with Gasteiger partial charge in [0.15, 0.2) is 5.78 Å². The zero-order valence-corrected chi connectivity index (χ0v) is 15.2. The molecule has 0 saturated carbocycles. The molecule has 3 nitrogen and oxygen atoms in total. The number of ketones is 1. The third-order valence-corrected chi connectivity index (χ3v) is 4.80. The summed E-state index contributed by atoms with van der Waals surface area (Å²) in [4.78, 5) is 24.9. The molecule has 0 radical (unpaired) electrons. The second kappa shape index (κ2) is 8.95. The van der Waals surface area contributed by atoms with Gasteiger partial charge < -0.3 is 9.53 Å². The molecule has 2 unspecified atom stereocenters. The zero-order chi connectivity index (χ0) is 19.1. The summed E-state index contributed by atoms with van der Waals surface area (Å²) in [6.07, 6.45) is 1.16. The number of carbonyl (C=O) groups is 2. The molecule has 0 saturated heterocycles. The number of rotatable bonds is 8. The van der Waals surface area contributed by atoms with E-state index in [-0.39, 0.29) is 18.1 Å². The maximum atomic E-state index is 13.4. The molecule has 3 heteroatoms. The number of benzene rings is 3. The van der Waals surface area contributed by atoms with Crippen molar-refractivity contribution in [3.8, 4) is 5.75 Å². The highest BCUT2D eigenvalue weighted by molar-refractivity contribution is 6.01. The quantitative estimate of drug-likeness (QED) is 0.419. The van der Waals surface area contributed by atoms with Gasteiger partial charge in [0.05, 0.1) is 13.0 Å². The van der Waals surface area contributed by atoms with Crippen LogP contribution in [0, 0.1) is 0 Å². The van der Waals surface area contributed by atoms with Crippen LogP contribution in [-0.4, -0.2) is 19.2 Å². The standard InChI is InChI=1S/C24H22O3/c1-27-21-14-12-18(13-15-21)22(16-17-25)23(19-8-4-2-5-9-19)24(26)20-10-6-3-7-11-20/h2-15,17,22-23H,16H2,1H3. The van der Waals surface area contributed by atoms with E-state index in [1.165, 1.54) is 0 Å². The fraction of sp³-hybridized carbons (Fsp3) is 0.167. The molecule has 0 bridgehead atoms. The van der Waals surface area contributed by atoms with Crippen molar-refractivity contribution in [1.29, 1.82) is 0 Å². The van der Waals surface area contributed by atoms with E-state index in [4.69, 9.17) is 4.74 Å². The molecule has 0 heterocycles. The molecule has 0 aliphatic carbocycles. The number of carbonyl (C=O) groups excluding carboxylic acids is 2. The second-order valence-corrected chi connectivity index (χ2v) is 6.40. The number of Topliss-reactive ketones (excluding diaryl/α,β-unsaturated/α-hetero) is 1. The minimum Gasteiger partial charge on any atom is -0.497 e. The molecular formula is C24H22O3. The van der Waals surface area contributed by atoms with Crippen molar-refractivity contribution in [2.75, 3.05) is 7.11 Å². The van der Waals surface area contributed by atoms with E-state index in [0.29, 0.717) is 5.56 Å². The van der Waals surface area contributed by atoms with Crippen molar-refractivity contribution in [1.82, 2.24) is 0 Å². The van der Waals surface area contributed by atoms with Crippen LogP contribution in [0.3, 0.4) is 0 Å². The van der Waals surface area contributed by atoms with Gasteiger partial charge in [-0.15, -0.1) is 0 Å². The highest BCUT2D eigenvalue weighted by Gasteiger charge is 2.31. The van der Waals surface area contributed by atoms with Gasteiger partial charge in [-0.3, -0.25) is 4.79 Å². The highest BCUT2D eigenvalue weighted by Crippen LogP contribution is 2.38. The van der Waals surface area contributed by atoms with Gasteiger partial charge in [-0.25, -0.2) is 0 Å². The highest BCUT2D eigenvalue weighted by atomic mass is 16.5. The maximum Gasteiger partial charge on any atom is 0.170 e. The molecule has 3 aromatic rings. The van der Waals surface area contributed by atoms with Gasteiger partial charge in [-0.2, -0.15) is 0 Å². The topological polar surface area (TPSA) is 43.4 Å². The molecule has 0 N–H and O–H groups in total. The van der Waals surface area contributed by atoms with Gasteiger partial charge in [0.2, 0.25) is 0 Å². The summed E-state index contributed by atoms with van der Waals surface area (Å²) in [6, 6.07) is 26.5. The summed E-state index contributed by atoms with van der Waals surface area (Å²) in [6.45, 7) is 0. The fourth-order valence-corrected chi connectivity index (χ4v) is 3.43. The third-order valence-electron chi connectivity index (χ3n) is 4.80. The van der Waals surface area contributed by atoms with Crippen LogP contribution in [0.15, 0.2) is 84.9 Å². The fourth-order valence-electron chi connectivity index (χ4n) is 3.43. The van der Waals surface area contributed by atoms with Gasteiger partial charge >= 0.3 is 0 Å². The Bertz CT molecular complexity index is 871. The Hall–Kier alpha value is -3.20. The maximum absolute atomic E-state index is 13.4. The predicted octanol–water partition coefficient (Wildman–Crippen LogP) is 5.03. The lowest BCUT2D eigenvalue weighted by Gasteiger charge is -2.26. The lowest BCUT2D eigenvalue weighted by Crippen LogP contribution is -2.21. The number of ether oxygens (including phenoxy) is 1. The summed E-state index contributed by atoms with van der Waals surface area (Å²) in [5.74, 6) is 0.0782. The van der Waals surface area contributed by atoms with E-state index in [9.17, 15) is 9.59 Å². The van der Waals surface area contributed by atoms with Gasteiger partial charge in [-0.1, -0.05) is 72.8 Å². The first-order valence-corrected chi connectivity index (χ1v) is 8.96. The molecule has 0 spiro atoms. The Kier molecular flexibility index (Phi) is 6.16. The normalized spacial score (nSPS) is 12.8. The van der Waals surface area contributed by atoms with Crippen molar-refractivity contribution in [3.63, 3.8) is 0 Å².